The molecule has 0 saturated heterocycles. The number of nitrogens with zero attached hydrogens (tertiary/aromatic N) is 1. The van der Waals surface area contributed by atoms with Crippen LogP contribution in [0.5, 0.6) is 10.9 Å². The maximum atomic E-state index is 12.9. The van der Waals surface area contributed by atoms with E-state index in [1.807, 2.05) is 19.1 Å². The van der Waals surface area contributed by atoms with Gasteiger partial charge in [0.15, 0.2) is 0 Å². The summed E-state index contributed by atoms with van der Waals surface area (Å²) in [4.78, 5) is 17.7. The van der Waals surface area contributed by atoms with E-state index >= 15 is 0 Å². The fourth-order valence-electron chi connectivity index (χ4n) is 3.65. The lowest BCUT2D eigenvalue weighted by atomic mass is 9.75. The number of rotatable bonds is 5. The standard InChI is InChI=1S/C19H22N2O4S/c1-10-17(26-19(20-10)24-2)18(23)21-16(13-8-14(22)9-13)12-3-4-15-11(7-12)5-6-25-15/h3-4,7,13-14,16,22H,5-6,8-9H2,1-2H3,(H,21,23)/t13?,14?,16-/m0/s1. The Kier molecular flexibility index (Phi) is 4.58. The van der Waals surface area contributed by atoms with Crippen LogP contribution in [0.4, 0.5) is 0 Å². The molecule has 6 nitrogen and oxygen atoms in total. The van der Waals surface area contributed by atoms with Crippen LogP contribution in [-0.4, -0.2) is 35.8 Å². The third kappa shape index (κ3) is 3.17. The van der Waals surface area contributed by atoms with Gasteiger partial charge in [-0.15, -0.1) is 0 Å². The van der Waals surface area contributed by atoms with Crippen molar-refractivity contribution in [3.63, 3.8) is 0 Å². The van der Waals surface area contributed by atoms with E-state index in [0.29, 0.717) is 35.2 Å². The van der Waals surface area contributed by atoms with Gasteiger partial charge in [-0.25, -0.2) is 4.98 Å². The quantitative estimate of drug-likeness (QED) is 0.841. The monoisotopic (exact) mass is 374 g/mol. The number of fused-ring (bicyclic) bond motifs is 1. The summed E-state index contributed by atoms with van der Waals surface area (Å²) >= 11 is 1.25. The van der Waals surface area contributed by atoms with E-state index < -0.39 is 0 Å². The number of aromatic nitrogens is 1. The van der Waals surface area contributed by atoms with Crippen molar-refractivity contribution in [1.82, 2.24) is 10.3 Å². The van der Waals surface area contributed by atoms with Crippen molar-refractivity contribution in [2.45, 2.75) is 38.3 Å². The highest BCUT2D eigenvalue weighted by molar-refractivity contribution is 7.15. The summed E-state index contributed by atoms with van der Waals surface area (Å²) in [5.74, 6) is 1.01. The molecule has 2 aromatic rings. The minimum atomic E-state index is -0.276. The molecular formula is C19H22N2O4S. The molecule has 1 aromatic heterocycles. The number of hydrogen-bond donors (Lipinski definition) is 2. The molecule has 0 bridgehead atoms. The van der Waals surface area contributed by atoms with Crippen LogP contribution >= 0.6 is 11.3 Å². The molecule has 1 aliphatic carbocycles. The number of amides is 1. The predicted molar refractivity (Wildman–Crippen MR) is 98.0 cm³/mol. The first-order valence-electron chi connectivity index (χ1n) is 8.81. The fraction of sp³-hybridized carbons (Fsp3) is 0.474. The number of aliphatic hydroxyl groups excluding tert-OH is 1. The number of aliphatic hydroxyl groups is 1. The number of methoxy groups -OCH3 is 1. The molecule has 0 radical (unpaired) electrons. The van der Waals surface area contributed by atoms with E-state index in [-0.39, 0.29) is 24.0 Å². The highest BCUT2D eigenvalue weighted by Crippen LogP contribution is 2.40. The van der Waals surface area contributed by atoms with Gasteiger partial charge in [0.25, 0.3) is 11.1 Å². The Hall–Kier alpha value is -2.12. The normalized spacial score (nSPS) is 22.1. The Morgan fingerprint density at radius 2 is 2.27 bits per heavy atom. The number of thiazole rings is 1. The lowest BCUT2D eigenvalue weighted by Crippen LogP contribution is -2.41. The Morgan fingerprint density at radius 1 is 1.46 bits per heavy atom. The molecule has 1 fully saturated rings. The topological polar surface area (TPSA) is 80.7 Å². The smallest absolute Gasteiger partial charge is 0.273 e. The summed E-state index contributed by atoms with van der Waals surface area (Å²) < 4.78 is 10.7. The van der Waals surface area contributed by atoms with Gasteiger partial charge in [-0.2, -0.15) is 0 Å². The zero-order valence-electron chi connectivity index (χ0n) is 14.8. The number of hydrogen-bond acceptors (Lipinski definition) is 6. The first kappa shape index (κ1) is 17.3. The zero-order chi connectivity index (χ0) is 18.3. The molecule has 0 unspecified atom stereocenters. The first-order valence-corrected chi connectivity index (χ1v) is 9.62. The largest absolute Gasteiger partial charge is 0.493 e. The van der Waals surface area contributed by atoms with Gasteiger partial charge in [0.05, 0.1) is 31.6 Å². The van der Waals surface area contributed by atoms with E-state index in [2.05, 4.69) is 16.4 Å². The molecule has 2 heterocycles. The molecule has 2 aliphatic rings. The molecule has 138 valence electrons. The van der Waals surface area contributed by atoms with Gasteiger partial charge in [-0.1, -0.05) is 17.4 Å². The first-order chi connectivity index (χ1) is 12.5. The van der Waals surface area contributed by atoms with Gasteiger partial charge in [0.2, 0.25) is 0 Å². The van der Waals surface area contributed by atoms with Crippen molar-refractivity contribution in [2.75, 3.05) is 13.7 Å². The Morgan fingerprint density at radius 3 is 2.96 bits per heavy atom. The van der Waals surface area contributed by atoms with Crippen LogP contribution in [0, 0.1) is 12.8 Å². The van der Waals surface area contributed by atoms with Gasteiger partial charge in [-0.05, 0) is 48.9 Å². The van der Waals surface area contributed by atoms with Crippen molar-refractivity contribution in [1.29, 1.82) is 0 Å². The zero-order valence-corrected chi connectivity index (χ0v) is 15.6. The van der Waals surface area contributed by atoms with Gasteiger partial charge in [-0.3, -0.25) is 4.79 Å². The molecule has 2 N–H and O–H groups in total. The Balaban J connectivity index is 1.59. The third-order valence-corrected chi connectivity index (χ3v) is 6.26. The SMILES string of the molecule is COc1nc(C)c(C(=O)N[C@@H](c2ccc3c(c2)CCO3)C2CC(O)C2)s1. The van der Waals surface area contributed by atoms with Gasteiger partial charge in [0, 0.05) is 6.42 Å². The van der Waals surface area contributed by atoms with Crippen LogP contribution in [0.15, 0.2) is 18.2 Å². The van der Waals surface area contributed by atoms with Crippen molar-refractivity contribution >= 4 is 17.2 Å². The molecule has 1 amide bonds. The molecule has 1 aliphatic heterocycles. The molecule has 1 aromatic carbocycles. The van der Waals surface area contributed by atoms with Crippen molar-refractivity contribution < 1.29 is 19.4 Å². The number of carbonyl (C=O) groups is 1. The van der Waals surface area contributed by atoms with Crippen molar-refractivity contribution in [3.05, 3.63) is 39.9 Å². The fourth-order valence-corrected chi connectivity index (χ4v) is 4.44. The van der Waals surface area contributed by atoms with Crippen LogP contribution in [-0.2, 0) is 6.42 Å². The summed E-state index contributed by atoms with van der Waals surface area (Å²) in [6.07, 6.45) is 2.01. The minimum absolute atomic E-state index is 0.135. The van der Waals surface area contributed by atoms with Crippen molar-refractivity contribution in [3.8, 4) is 10.9 Å². The molecule has 0 spiro atoms. The summed E-state index contributed by atoms with van der Waals surface area (Å²) in [6.45, 7) is 2.51. The summed E-state index contributed by atoms with van der Waals surface area (Å²) in [5, 5.41) is 13.4. The lowest BCUT2D eigenvalue weighted by Gasteiger charge is -2.38. The lowest BCUT2D eigenvalue weighted by molar-refractivity contribution is 0.0235. The number of nitrogens with one attached hydrogen (secondary N) is 1. The molecule has 1 atom stereocenters. The average molecular weight is 374 g/mol. The number of benzene rings is 1. The summed E-state index contributed by atoms with van der Waals surface area (Å²) in [6, 6.07) is 5.98. The second-order valence-electron chi connectivity index (χ2n) is 6.90. The number of aryl methyl sites for hydroxylation is 1. The predicted octanol–water partition coefficient (Wildman–Crippen LogP) is 2.64. The van der Waals surface area contributed by atoms with Crippen molar-refractivity contribution in [2.24, 2.45) is 5.92 Å². The van der Waals surface area contributed by atoms with E-state index in [4.69, 9.17) is 9.47 Å². The molecule has 1 saturated carbocycles. The van der Waals surface area contributed by atoms with Crippen LogP contribution in [0.25, 0.3) is 0 Å². The van der Waals surface area contributed by atoms with Crippen LogP contribution in [0.2, 0.25) is 0 Å². The molecule has 7 heteroatoms. The highest BCUT2D eigenvalue weighted by Gasteiger charge is 2.36. The second-order valence-corrected chi connectivity index (χ2v) is 7.86. The summed E-state index contributed by atoms with van der Waals surface area (Å²) in [7, 11) is 1.55. The second kappa shape index (κ2) is 6.89. The van der Waals surface area contributed by atoms with Crippen LogP contribution < -0.4 is 14.8 Å². The average Bonchev–Trinajstić information content (AvgIpc) is 3.22. The maximum Gasteiger partial charge on any atom is 0.273 e. The maximum absolute atomic E-state index is 12.9. The molecule has 4 rings (SSSR count). The van der Waals surface area contributed by atoms with Crippen LogP contribution in [0.3, 0.4) is 0 Å². The number of carbonyl (C=O) groups excluding carboxylic acids is 1. The van der Waals surface area contributed by atoms with E-state index in [1.165, 1.54) is 16.9 Å². The third-order valence-electron chi connectivity index (χ3n) is 5.14. The Bertz CT molecular complexity index is 829. The highest BCUT2D eigenvalue weighted by atomic mass is 32.1. The minimum Gasteiger partial charge on any atom is -0.493 e. The van der Waals surface area contributed by atoms with E-state index in [9.17, 15) is 9.90 Å². The molecular weight excluding hydrogens is 352 g/mol. The van der Waals surface area contributed by atoms with Gasteiger partial charge < -0.3 is 19.9 Å². The molecule has 26 heavy (non-hydrogen) atoms. The summed E-state index contributed by atoms with van der Waals surface area (Å²) in [5.41, 5.74) is 2.91. The van der Waals surface area contributed by atoms with E-state index in [0.717, 1.165) is 17.7 Å². The van der Waals surface area contributed by atoms with Gasteiger partial charge >= 0.3 is 0 Å². The Labute approximate surface area is 156 Å². The van der Waals surface area contributed by atoms with Gasteiger partial charge in [0.1, 0.15) is 10.6 Å². The van der Waals surface area contributed by atoms with Crippen LogP contribution in [0.1, 0.15) is 45.4 Å². The van der Waals surface area contributed by atoms with E-state index in [1.54, 1.807) is 7.11 Å². The number of ether oxygens (including phenoxy) is 2.